The first kappa shape index (κ1) is 20.1. The van der Waals surface area contributed by atoms with Gasteiger partial charge in [0.2, 0.25) is 10.0 Å². The molecule has 0 heterocycles. The molecule has 0 saturated carbocycles. The molecule has 1 N–H and O–H groups in total. The van der Waals surface area contributed by atoms with E-state index in [4.69, 9.17) is 0 Å². The number of rotatable bonds is 7. The average molecular weight is 375 g/mol. The molecule has 6 heteroatoms. The monoisotopic (exact) mass is 374 g/mol. The van der Waals surface area contributed by atoms with Crippen LogP contribution in [0.3, 0.4) is 0 Å². The van der Waals surface area contributed by atoms with Crippen molar-refractivity contribution in [3.63, 3.8) is 0 Å². The van der Waals surface area contributed by atoms with Crippen LogP contribution in [0.15, 0.2) is 47.4 Å². The van der Waals surface area contributed by atoms with E-state index >= 15 is 0 Å². The quantitative estimate of drug-likeness (QED) is 0.801. The molecule has 2 aromatic rings. The van der Waals surface area contributed by atoms with Crippen molar-refractivity contribution in [2.24, 2.45) is 0 Å². The maximum Gasteiger partial charge on any atom is 0.255 e. The molecule has 0 atom stereocenters. The second-order valence-corrected chi connectivity index (χ2v) is 8.01. The first-order valence-corrected chi connectivity index (χ1v) is 10.3. The van der Waals surface area contributed by atoms with Gasteiger partial charge in [0.1, 0.15) is 0 Å². The summed E-state index contributed by atoms with van der Waals surface area (Å²) in [6, 6.07) is 12.0. The van der Waals surface area contributed by atoms with Crippen molar-refractivity contribution >= 4 is 21.6 Å². The Labute approximate surface area is 156 Å². The molecule has 140 valence electrons. The number of amides is 1. The third-order valence-electron chi connectivity index (χ3n) is 4.42. The maximum atomic E-state index is 12.5. The van der Waals surface area contributed by atoms with E-state index in [0.29, 0.717) is 18.7 Å². The fourth-order valence-corrected chi connectivity index (χ4v) is 4.17. The fraction of sp³-hybridized carbons (Fsp3) is 0.350. The van der Waals surface area contributed by atoms with Crippen LogP contribution in [0, 0.1) is 6.92 Å². The van der Waals surface area contributed by atoms with Crippen molar-refractivity contribution in [2.75, 3.05) is 18.4 Å². The van der Waals surface area contributed by atoms with Crippen molar-refractivity contribution in [3.05, 3.63) is 59.2 Å². The van der Waals surface area contributed by atoms with Gasteiger partial charge in [-0.25, -0.2) is 8.42 Å². The zero-order valence-corrected chi connectivity index (χ0v) is 16.6. The number of nitrogens with zero attached hydrogens (tertiary/aromatic N) is 1. The summed E-state index contributed by atoms with van der Waals surface area (Å²) in [6.07, 6.45) is 0.890. The number of nitrogens with one attached hydrogen (secondary N) is 1. The highest BCUT2D eigenvalue weighted by Gasteiger charge is 2.21. The standard InChI is InChI=1S/C20H26N2O3S/c1-5-16-9-8-15(4)19(14-16)21-20(23)17-10-12-18(13-11-17)26(24,25)22(6-2)7-3/h8-14H,5-7H2,1-4H3,(H,21,23). The summed E-state index contributed by atoms with van der Waals surface area (Å²) < 4.78 is 26.4. The van der Waals surface area contributed by atoms with Crippen LogP contribution in [0.1, 0.15) is 42.3 Å². The highest BCUT2D eigenvalue weighted by Crippen LogP contribution is 2.20. The van der Waals surface area contributed by atoms with Crippen LogP contribution in [0.4, 0.5) is 5.69 Å². The van der Waals surface area contributed by atoms with Gasteiger partial charge in [0, 0.05) is 24.3 Å². The van der Waals surface area contributed by atoms with Crippen LogP contribution in [0.5, 0.6) is 0 Å². The molecule has 0 saturated heterocycles. The van der Waals surface area contributed by atoms with Gasteiger partial charge in [-0.1, -0.05) is 32.9 Å². The van der Waals surface area contributed by atoms with Crippen molar-refractivity contribution in [1.29, 1.82) is 0 Å². The number of anilines is 1. The summed E-state index contributed by atoms with van der Waals surface area (Å²) >= 11 is 0. The van der Waals surface area contributed by atoms with Crippen LogP contribution in [0.2, 0.25) is 0 Å². The van der Waals surface area contributed by atoms with Gasteiger partial charge in [-0.2, -0.15) is 4.31 Å². The largest absolute Gasteiger partial charge is 0.322 e. The Hall–Kier alpha value is -2.18. The van der Waals surface area contributed by atoms with E-state index in [-0.39, 0.29) is 10.8 Å². The molecule has 5 nitrogen and oxygen atoms in total. The lowest BCUT2D eigenvalue weighted by Gasteiger charge is -2.18. The second kappa shape index (κ2) is 8.47. The summed E-state index contributed by atoms with van der Waals surface area (Å²) in [7, 11) is -3.52. The Morgan fingerprint density at radius 3 is 2.15 bits per heavy atom. The molecule has 0 spiro atoms. The van der Waals surface area contributed by atoms with Gasteiger partial charge < -0.3 is 5.32 Å². The zero-order valence-electron chi connectivity index (χ0n) is 15.7. The molecule has 0 bridgehead atoms. The SMILES string of the molecule is CCc1ccc(C)c(NC(=O)c2ccc(S(=O)(=O)N(CC)CC)cc2)c1. The highest BCUT2D eigenvalue weighted by molar-refractivity contribution is 7.89. The minimum Gasteiger partial charge on any atom is -0.322 e. The Balaban J connectivity index is 2.22. The molecule has 2 rings (SSSR count). The molecule has 0 fully saturated rings. The van der Waals surface area contributed by atoms with Gasteiger partial charge in [0.15, 0.2) is 0 Å². The van der Waals surface area contributed by atoms with Crippen LogP contribution >= 0.6 is 0 Å². The number of carbonyl (C=O) groups excluding carboxylic acids is 1. The molecule has 0 aromatic heterocycles. The third-order valence-corrected chi connectivity index (χ3v) is 6.48. The molecular formula is C20H26N2O3S. The molecule has 0 aliphatic heterocycles. The predicted molar refractivity (Wildman–Crippen MR) is 105 cm³/mol. The lowest BCUT2D eigenvalue weighted by molar-refractivity contribution is 0.102. The van der Waals surface area contributed by atoms with Crippen LogP contribution in [-0.2, 0) is 16.4 Å². The molecule has 0 unspecified atom stereocenters. The van der Waals surface area contributed by atoms with Crippen LogP contribution in [-0.4, -0.2) is 31.7 Å². The van der Waals surface area contributed by atoms with Gasteiger partial charge in [-0.15, -0.1) is 0 Å². The van der Waals surface area contributed by atoms with Crippen molar-refractivity contribution < 1.29 is 13.2 Å². The van der Waals surface area contributed by atoms with E-state index in [1.165, 1.54) is 16.4 Å². The van der Waals surface area contributed by atoms with Gasteiger partial charge in [0.05, 0.1) is 4.90 Å². The number of hydrogen-bond donors (Lipinski definition) is 1. The zero-order chi connectivity index (χ0) is 19.3. The van der Waals surface area contributed by atoms with Crippen molar-refractivity contribution in [2.45, 2.75) is 39.0 Å². The topological polar surface area (TPSA) is 66.5 Å². The highest BCUT2D eigenvalue weighted by atomic mass is 32.2. The smallest absolute Gasteiger partial charge is 0.255 e. The van der Waals surface area contributed by atoms with Gasteiger partial charge in [0.25, 0.3) is 5.91 Å². The van der Waals surface area contributed by atoms with Crippen LogP contribution < -0.4 is 5.32 Å². The minimum atomic E-state index is -3.52. The Morgan fingerprint density at radius 2 is 1.62 bits per heavy atom. The number of carbonyl (C=O) groups is 1. The first-order valence-electron chi connectivity index (χ1n) is 8.84. The minimum absolute atomic E-state index is 0.196. The number of aryl methyl sites for hydroxylation is 2. The summed E-state index contributed by atoms with van der Waals surface area (Å²) in [5.41, 5.74) is 3.32. The summed E-state index contributed by atoms with van der Waals surface area (Å²) in [5, 5.41) is 2.91. The lowest BCUT2D eigenvalue weighted by Crippen LogP contribution is -2.30. The van der Waals surface area contributed by atoms with E-state index in [1.807, 2.05) is 25.1 Å². The second-order valence-electron chi connectivity index (χ2n) is 6.07. The number of hydrogen-bond acceptors (Lipinski definition) is 3. The van der Waals surface area contributed by atoms with E-state index < -0.39 is 10.0 Å². The molecule has 26 heavy (non-hydrogen) atoms. The van der Waals surface area contributed by atoms with E-state index in [2.05, 4.69) is 12.2 Å². The van der Waals surface area contributed by atoms with Crippen molar-refractivity contribution in [3.8, 4) is 0 Å². The number of benzene rings is 2. The van der Waals surface area contributed by atoms with E-state index in [1.54, 1.807) is 26.0 Å². The molecular weight excluding hydrogens is 348 g/mol. The van der Waals surface area contributed by atoms with E-state index in [0.717, 1.165) is 23.2 Å². The Bertz CT molecular complexity index is 870. The van der Waals surface area contributed by atoms with Gasteiger partial charge in [-0.05, 0) is 54.8 Å². The summed E-state index contributed by atoms with van der Waals surface area (Å²) in [4.78, 5) is 12.7. The van der Waals surface area contributed by atoms with Gasteiger partial charge >= 0.3 is 0 Å². The van der Waals surface area contributed by atoms with Crippen LogP contribution in [0.25, 0.3) is 0 Å². The fourth-order valence-electron chi connectivity index (χ4n) is 2.71. The molecule has 0 radical (unpaired) electrons. The third kappa shape index (κ3) is 4.31. The molecule has 0 aliphatic rings. The molecule has 2 aromatic carbocycles. The number of sulfonamides is 1. The Kier molecular flexibility index (Phi) is 6.56. The molecule has 1 amide bonds. The Morgan fingerprint density at radius 1 is 1.00 bits per heavy atom. The summed E-state index contributed by atoms with van der Waals surface area (Å²) in [5.74, 6) is -0.256. The van der Waals surface area contributed by atoms with Gasteiger partial charge in [-0.3, -0.25) is 4.79 Å². The molecule has 0 aliphatic carbocycles. The average Bonchev–Trinajstić information content (AvgIpc) is 2.64. The first-order chi connectivity index (χ1) is 12.3. The van der Waals surface area contributed by atoms with Crippen molar-refractivity contribution in [1.82, 2.24) is 4.31 Å². The van der Waals surface area contributed by atoms with E-state index in [9.17, 15) is 13.2 Å². The predicted octanol–water partition coefficient (Wildman–Crippen LogP) is 3.84. The normalized spacial score (nSPS) is 11.6. The maximum absolute atomic E-state index is 12.5. The lowest BCUT2D eigenvalue weighted by atomic mass is 10.1. The summed E-state index contributed by atoms with van der Waals surface area (Å²) in [6.45, 7) is 8.42.